The third kappa shape index (κ3) is 5.12. The van der Waals surface area contributed by atoms with Gasteiger partial charge in [-0.2, -0.15) is 17.5 Å². The zero-order valence-electron chi connectivity index (χ0n) is 17.0. The smallest absolute Gasteiger partial charge is 0.389 e. The number of anilines is 1. The summed E-state index contributed by atoms with van der Waals surface area (Å²) in [6.45, 7) is 0.618. The Morgan fingerprint density at radius 1 is 1.16 bits per heavy atom. The summed E-state index contributed by atoms with van der Waals surface area (Å²) in [7, 11) is -3.89. The predicted molar refractivity (Wildman–Crippen MR) is 110 cm³/mol. The Labute approximate surface area is 185 Å². The van der Waals surface area contributed by atoms with Crippen LogP contribution >= 0.6 is 11.6 Å². The van der Waals surface area contributed by atoms with Crippen LogP contribution in [0.15, 0.2) is 17.2 Å². The maximum Gasteiger partial charge on any atom is 0.389 e. The molecule has 2 N–H and O–H groups in total. The van der Waals surface area contributed by atoms with Gasteiger partial charge in [-0.25, -0.2) is 13.4 Å². The molecule has 4 rings (SSSR count). The topological polar surface area (TPSA) is 82.5 Å². The fraction of sp³-hybridized carbons (Fsp3) is 0.750. The van der Waals surface area contributed by atoms with Crippen LogP contribution in [0.4, 0.5) is 19.0 Å². The van der Waals surface area contributed by atoms with Gasteiger partial charge in [-0.1, -0.05) is 11.6 Å². The minimum absolute atomic E-state index is 0.0312. The van der Waals surface area contributed by atoms with Crippen molar-refractivity contribution in [2.75, 3.05) is 11.9 Å². The van der Waals surface area contributed by atoms with E-state index in [-0.39, 0.29) is 28.9 Å². The maximum absolute atomic E-state index is 13.2. The molecule has 31 heavy (non-hydrogen) atoms. The first kappa shape index (κ1) is 23.1. The first-order chi connectivity index (χ1) is 14.5. The fourth-order valence-electron chi connectivity index (χ4n) is 5.28. The Hall–Kier alpha value is -1.10. The molecular formula is C20H27ClF3N3O3S. The molecule has 1 aromatic heterocycles. The first-order valence-corrected chi connectivity index (χ1v) is 12.5. The zero-order chi connectivity index (χ0) is 22.4. The molecule has 2 aliphatic heterocycles. The summed E-state index contributed by atoms with van der Waals surface area (Å²) in [5, 5.41) is 12.6. The summed E-state index contributed by atoms with van der Waals surface area (Å²) < 4.78 is 66.3. The highest BCUT2D eigenvalue weighted by Crippen LogP contribution is 2.45. The summed E-state index contributed by atoms with van der Waals surface area (Å²) in [5.74, 6) is 0.332. The van der Waals surface area contributed by atoms with Crippen LogP contribution < -0.4 is 5.32 Å². The van der Waals surface area contributed by atoms with Crippen molar-refractivity contribution < 1.29 is 26.7 Å². The molecular weight excluding hydrogens is 455 g/mol. The lowest BCUT2D eigenvalue weighted by Gasteiger charge is -2.38. The van der Waals surface area contributed by atoms with Crippen LogP contribution in [0.25, 0.3) is 0 Å². The van der Waals surface area contributed by atoms with E-state index in [2.05, 4.69) is 10.3 Å². The molecule has 3 fully saturated rings. The van der Waals surface area contributed by atoms with E-state index < -0.39 is 40.6 Å². The number of nitrogens with zero attached hydrogens (tertiary/aromatic N) is 2. The number of aliphatic hydroxyl groups excluding tert-OH is 1. The van der Waals surface area contributed by atoms with Crippen LogP contribution in [0.5, 0.6) is 0 Å². The van der Waals surface area contributed by atoms with Crippen LogP contribution in [0.2, 0.25) is 5.02 Å². The van der Waals surface area contributed by atoms with E-state index in [1.165, 1.54) is 16.6 Å². The summed E-state index contributed by atoms with van der Waals surface area (Å²) in [6, 6.07) is 0.539. The predicted octanol–water partition coefficient (Wildman–Crippen LogP) is 4.19. The summed E-state index contributed by atoms with van der Waals surface area (Å²) in [5.41, 5.74) is 0. The second-order valence-electron chi connectivity index (χ2n) is 9.08. The van der Waals surface area contributed by atoms with E-state index in [0.29, 0.717) is 31.1 Å². The van der Waals surface area contributed by atoms with Gasteiger partial charge in [0.2, 0.25) is 10.0 Å². The number of pyridine rings is 1. The van der Waals surface area contributed by atoms with Crippen molar-refractivity contribution in [3.05, 3.63) is 17.3 Å². The van der Waals surface area contributed by atoms with E-state index in [4.69, 9.17) is 11.6 Å². The number of nitrogens with one attached hydrogen (secondary N) is 1. The number of hydrogen-bond donors (Lipinski definition) is 2. The lowest BCUT2D eigenvalue weighted by Crippen LogP contribution is -2.47. The number of sulfonamides is 1. The summed E-state index contributed by atoms with van der Waals surface area (Å²) in [4.78, 5) is 4.15. The number of rotatable bonds is 7. The summed E-state index contributed by atoms with van der Waals surface area (Å²) >= 11 is 6.27. The molecule has 1 aliphatic carbocycles. The molecule has 0 radical (unpaired) electrons. The lowest BCUT2D eigenvalue weighted by atomic mass is 9.80. The van der Waals surface area contributed by atoms with Gasteiger partial charge in [0, 0.05) is 31.2 Å². The number of hydrogen-bond acceptors (Lipinski definition) is 5. The van der Waals surface area contributed by atoms with Crippen LogP contribution in [0, 0.1) is 11.8 Å². The van der Waals surface area contributed by atoms with Gasteiger partial charge in [0.1, 0.15) is 10.7 Å². The molecule has 1 saturated carbocycles. The molecule has 2 saturated heterocycles. The van der Waals surface area contributed by atoms with Crippen LogP contribution in [-0.2, 0) is 10.0 Å². The Bertz CT molecular complexity index is 895. The van der Waals surface area contributed by atoms with Gasteiger partial charge >= 0.3 is 6.18 Å². The molecule has 0 spiro atoms. The van der Waals surface area contributed by atoms with Crippen molar-refractivity contribution in [1.29, 1.82) is 0 Å². The Kier molecular flexibility index (Phi) is 6.46. The Balaban J connectivity index is 1.41. The van der Waals surface area contributed by atoms with Gasteiger partial charge < -0.3 is 10.4 Å². The normalized spacial score (nSPS) is 31.5. The van der Waals surface area contributed by atoms with Crippen molar-refractivity contribution >= 4 is 27.4 Å². The van der Waals surface area contributed by atoms with Crippen molar-refractivity contribution in [1.82, 2.24) is 9.29 Å². The number of fused-ring (bicyclic) bond motifs is 2. The third-order valence-electron chi connectivity index (χ3n) is 6.73. The molecule has 11 heteroatoms. The molecule has 2 atom stereocenters. The molecule has 2 unspecified atom stereocenters. The number of halogens is 4. The highest BCUT2D eigenvalue weighted by molar-refractivity contribution is 7.89. The molecule has 2 bridgehead atoms. The molecule has 1 aromatic rings. The Morgan fingerprint density at radius 2 is 1.81 bits per heavy atom. The quantitative estimate of drug-likeness (QED) is 0.610. The second-order valence-corrected chi connectivity index (χ2v) is 11.3. The van der Waals surface area contributed by atoms with Crippen LogP contribution in [0.1, 0.15) is 51.4 Å². The molecule has 3 heterocycles. The average Bonchev–Trinajstić information content (AvgIpc) is 2.92. The van der Waals surface area contributed by atoms with Crippen LogP contribution in [0.3, 0.4) is 0 Å². The lowest BCUT2D eigenvalue weighted by molar-refractivity contribution is -0.148. The van der Waals surface area contributed by atoms with Gasteiger partial charge in [-0.3, -0.25) is 0 Å². The highest BCUT2D eigenvalue weighted by atomic mass is 35.5. The van der Waals surface area contributed by atoms with E-state index >= 15 is 0 Å². The zero-order valence-corrected chi connectivity index (χ0v) is 18.6. The van der Waals surface area contributed by atoms with Gasteiger partial charge in [0.25, 0.3) is 0 Å². The van der Waals surface area contributed by atoms with Crippen molar-refractivity contribution in [2.45, 2.75) is 80.6 Å². The van der Waals surface area contributed by atoms with E-state index in [1.54, 1.807) is 0 Å². The second kappa shape index (κ2) is 8.68. The van der Waals surface area contributed by atoms with Crippen molar-refractivity contribution in [3.8, 4) is 0 Å². The van der Waals surface area contributed by atoms with Gasteiger partial charge in [-0.15, -0.1) is 0 Å². The SMILES string of the molecule is O=S(=O)(c1cnc(NCCC2CC(O)C2)c(Cl)c1)N1C2CCC1CC(CC(F)(F)F)C2. The maximum atomic E-state index is 13.2. The Morgan fingerprint density at radius 3 is 2.35 bits per heavy atom. The largest absolute Gasteiger partial charge is 0.393 e. The number of piperidine rings is 1. The number of aromatic nitrogens is 1. The molecule has 6 nitrogen and oxygen atoms in total. The standard InChI is InChI=1S/C20H27ClF3N3O3S/c21-18-9-17(11-26-19(18)25-4-3-12-7-16(28)8-12)31(29,30)27-14-1-2-15(27)6-13(5-14)10-20(22,23)24/h9,11-16,28H,1-8,10H2,(H,25,26). The van der Waals surface area contributed by atoms with Crippen molar-refractivity contribution in [3.63, 3.8) is 0 Å². The molecule has 3 aliphatic rings. The van der Waals surface area contributed by atoms with Crippen molar-refractivity contribution in [2.24, 2.45) is 11.8 Å². The van der Waals surface area contributed by atoms with E-state index in [9.17, 15) is 26.7 Å². The number of alkyl halides is 3. The van der Waals surface area contributed by atoms with E-state index in [1.807, 2.05) is 0 Å². The van der Waals surface area contributed by atoms with Crippen LogP contribution in [-0.4, -0.2) is 53.7 Å². The van der Waals surface area contributed by atoms with E-state index in [0.717, 1.165) is 19.3 Å². The molecule has 0 aromatic carbocycles. The third-order valence-corrected chi connectivity index (χ3v) is 8.99. The minimum atomic E-state index is -4.23. The summed E-state index contributed by atoms with van der Waals surface area (Å²) in [6.07, 6.45) is 0.0327. The van der Waals surface area contributed by atoms with Gasteiger partial charge in [0.05, 0.1) is 11.1 Å². The molecule has 0 amide bonds. The van der Waals surface area contributed by atoms with Gasteiger partial charge in [-0.05, 0) is 62.8 Å². The average molecular weight is 482 g/mol. The van der Waals surface area contributed by atoms with Gasteiger partial charge in [0.15, 0.2) is 0 Å². The first-order valence-electron chi connectivity index (χ1n) is 10.7. The fourth-order valence-corrected chi connectivity index (χ4v) is 7.44. The monoisotopic (exact) mass is 481 g/mol. The highest BCUT2D eigenvalue weighted by Gasteiger charge is 2.49. The minimum Gasteiger partial charge on any atom is -0.393 e. The number of aliphatic hydroxyl groups is 1. The molecule has 174 valence electrons.